The lowest BCUT2D eigenvalue weighted by Gasteiger charge is -2.14. The van der Waals surface area contributed by atoms with E-state index in [9.17, 15) is 18.0 Å². The predicted molar refractivity (Wildman–Crippen MR) is 105 cm³/mol. The molecule has 0 bridgehead atoms. The molecule has 1 aromatic carbocycles. The zero-order chi connectivity index (χ0) is 21.2. The number of aromatic nitrogens is 2. The predicted octanol–water partition coefficient (Wildman–Crippen LogP) is 4.75. The van der Waals surface area contributed by atoms with Crippen molar-refractivity contribution >= 4 is 17.2 Å². The van der Waals surface area contributed by atoms with Crippen LogP contribution in [0.5, 0.6) is 5.75 Å². The number of para-hydroxylation sites is 1. The number of hydrogen-bond donors (Lipinski definition) is 1. The van der Waals surface area contributed by atoms with E-state index in [2.05, 4.69) is 15.0 Å². The first-order valence-electron chi connectivity index (χ1n) is 8.83. The summed E-state index contributed by atoms with van der Waals surface area (Å²) in [6.45, 7) is 5.74. The van der Waals surface area contributed by atoms with Crippen LogP contribution in [-0.2, 0) is 17.9 Å². The lowest BCUT2D eigenvalue weighted by Crippen LogP contribution is -2.28. The van der Waals surface area contributed by atoms with Crippen molar-refractivity contribution in [2.75, 3.05) is 0 Å². The summed E-state index contributed by atoms with van der Waals surface area (Å²) in [5, 5.41) is 5.59. The highest BCUT2D eigenvalue weighted by Gasteiger charge is 2.32. The molecule has 0 unspecified atom stereocenters. The average molecular weight is 423 g/mol. The highest BCUT2D eigenvalue weighted by Crippen LogP contribution is 2.28. The first-order valence-corrected chi connectivity index (χ1v) is 9.71. The van der Waals surface area contributed by atoms with Gasteiger partial charge in [-0.3, -0.25) is 4.79 Å². The fraction of sp³-hybridized carbons (Fsp3) is 0.300. The number of halogens is 3. The van der Waals surface area contributed by atoms with Crippen molar-refractivity contribution in [2.24, 2.45) is 0 Å². The maximum atomic E-state index is 12.5. The molecular formula is C20H20F3N3O2S. The van der Waals surface area contributed by atoms with Gasteiger partial charge >= 0.3 is 6.36 Å². The van der Waals surface area contributed by atoms with E-state index in [4.69, 9.17) is 0 Å². The first kappa shape index (κ1) is 20.9. The van der Waals surface area contributed by atoms with Gasteiger partial charge in [-0.1, -0.05) is 18.2 Å². The zero-order valence-corrected chi connectivity index (χ0v) is 16.9. The highest BCUT2D eigenvalue weighted by atomic mass is 32.1. The molecule has 29 heavy (non-hydrogen) atoms. The number of carbonyl (C=O) groups is 1. The minimum absolute atomic E-state index is 0.0586. The van der Waals surface area contributed by atoms with E-state index >= 15 is 0 Å². The van der Waals surface area contributed by atoms with Gasteiger partial charge in [-0.2, -0.15) is 0 Å². The summed E-state index contributed by atoms with van der Waals surface area (Å²) >= 11 is 1.56. The second kappa shape index (κ2) is 8.28. The van der Waals surface area contributed by atoms with E-state index in [-0.39, 0.29) is 30.3 Å². The van der Waals surface area contributed by atoms with E-state index < -0.39 is 6.36 Å². The van der Waals surface area contributed by atoms with Gasteiger partial charge in [0.25, 0.3) is 0 Å². The number of hydrogen-bond acceptors (Lipinski definition) is 4. The first-order chi connectivity index (χ1) is 13.6. The van der Waals surface area contributed by atoms with E-state index in [0.29, 0.717) is 0 Å². The Morgan fingerprint density at radius 1 is 1.24 bits per heavy atom. The fourth-order valence-electron chi connectivity index (χ4n) is 3.06. The van der Waals surface area contributed by atoms with Crippen LogP contribution in [-0.4, -0.2) is 21.8 Å². The summed E-state index contributed by atoms with van der Waals surface area (Å²) in [5.74, 6) is -0.635. The normalized spacial score (nSPS) is 11.5. The van der Waals surface area contributed by atoms with Crippen LogP contribution in [0.2, 0.25) is 0 Å². The molecule has 5 nitrogen and oxygen atoms in total. The van der Waals surface area contributed by atoms with Crippen molar-refractivity contribution in [1.29, 1.82) is 0 Å². The summed E-state index contributed by atoms with van der Waals surface area (Å²) in [5.41, 5.74) is 3.88. The highest BCUT2D eigenvalue weighted by molar-refractivity contribution is 7.09. The number of nitrogens with one attached hydrogen (secondary N) is 1. The molecule has 1 amide bonds. The summed E-state index contributed by atoms with van der Waals surface area (Å²) in [4.78, 5) is 16.9. The second-order valence-corrected chi connectivity index (χ2v) is 7.62. The molecule has 0 spiro atoms. The monoisotopic (exact) mass is 423 g/mol. The lowest BCUT2D eigenvalue weighted by atomic mass is 10.2. The smallest absolute Gasteiger partial charge is 0.405 e. The van der Waals surface area contributed by atoms with Gasteiger partial charge in [0.2, 0.25) is 5.91 Å². The number of benzene rings is 1. The Morgan fingerprint density at radius 3 is 2.62 bits per heavy atom. The number of rotatable bonds is 6. The molecule has 0 fully saturated rings. The van der Waals surface area contributed by atoms with Gasteiger partial charge in [0.1, 0.15) is 12.3 Å². The molecule has 2 heterocycles. The molecule has 154 valence electrons. The van der Waals surface area contributed by atoms with Crippen LogP contribution in [0.15, 0.2) is 35.7 Å². The Hall–Kier alpha value is -2.81. The van der Waals surface area contributed by atoms with Crippen LogP contribution in [0, 0.1) is 20.8 Å². The maximum absolute atomic E-state index is 12.5. The Morgan fingerprint density at radius 2 is 1.97 bits per heavy atom. The molecule has 0 radical (unpaired) electrons. The lowest BCUT2D eigenvalue weighted by molar-refractivity contribution is -0.274. The van der Waals surface area contributed by atoms with Gasteiger partial charge in [-0.25, -0.2) is 4.98 Å². The molecule has 3 aromatic rings. The standard InChI is InChI=1S/C20H20F3N3O2S/c1-12-8-16(17-11-29-14(3)25-17)13(2)26(12)10-19(27)24-9-15-6-4-5-7-18(15)28-20(21,22)23/h4-8,11H,9-10H2,1-3H3,(H,24,27). The van der Waals surface area contributed by atoms with Crippen molar-refractivity contribution in [2.45, 2.75) is 40.2 Å². The van der Waals surface area contributed by atoms with Crippen LogP contribution >= 0.6 is 11.3 Å². The van der Waals surface area contributed by atoms with Gasteiger partial charge in [0.15, 0.2) is 0 Å². The van der Waals surface area contributed by atoms with Gasteiger partial charge in [-0.15, -0.1) is 24.5 Å². The van der Waals surface area contributed by atoms with E-state index in [1.807, 2.05) is 36.8 Å². The third kappa shape index (κ3) is 5.17. The number of aryl methyl sites for hydroxylation is 2. The third-order valence-corrected chi connectivity index (χ3v) is 5.22. The van der Waals surface area contributed by atoms with Crippen molar-refractivity contribution < 1.29 is 22.7 Å². The Kier molecular flexibility index (Phi) is 5.97. The zero-order valence-electron chi connectivity index (χ0n) is 16.1. The van der Waals surface area contributed by atoms with Crippen molar-refractivity contribution in [3.8, 4) is 17.0 Å². The summed E-state index contributed by atoms with van der Waals surface area (Å²) in [6.07, 6.45) is -4.79. The van der Waals surface area contributed by atoms with E-state index in [0.717, 1.165) is 27.7 Å². The molecule has 9 heteroatoms. The number of amides is 1. The Bertz CT molecular complexity index is 1020. The van der Waals surface area contributed by atoms with Crippen molar-refractivity contribution in [1.82, 2.24) is 14.9 Å². The van der Waals surface area contributed by atoms with Gasteiger partial charge in [0, 0.05) is 34.4 Å². The molecule has 0 aliphatic carbocycles. The van der Waals surface area contributed by atoms with Gasteiger partial charge in [-0.05, 0) is 32.9 Å². The quantitative estimate of drug-likeness (QED) is 0.622. The Balaban J connectivity index is 1.69. The molecule has 0 aliphatic rings. The number of nitrogens with zero attached hydrogens (tertiary/aromatic N) is 2. The molecule has 3 rings (SSSR count). The summed E-state index contributed by atoms with van der Waals surface area (Å²) in [6, 6.07) is 7.71. The average Bonchev–Trinajstić information content (AvgIpc) is 3.18. The molecule has 0 atom stereocenters. The maximum Gasteiger partial charge on any atom is 0.573 e. The molecule has 1 N–H and O–H groups in total. The SMILES string of the molecule is Cc1nc(-c2cc(C)n(CC(=O)NCc3ccccc3OC(F)(F)F)c2C)cs1. The molecule has 0 aliphatic heterocycles. The number of alkyl halides is 3. The van der Waals surface area contributed by atoms with Crippen LogP contribution in [0.25, 0.3) is 11.3 Å². The number of ether oxygens (including phenoxy) is 1. The van der Waals surface area contributed by atoms with E-state index in [1.54, 1.807) is 17.4 Å². The molecular weight excluding hydrogens is 403 g/mol. The van der Waals surface area contributed by atoms with Crippen LogP contribution in [0.4, 0.5) is 13.2 Å². The fourth-order valence-corrected chi connectivity index (χ4v) is 3.67. The summed E-state index contributed by atoms with van der Waals surface area (Å²) in [7, 11) is 0. The van der Waals surface area contributed by atoms with Crippen LogP contribution < -0.4 is 10.1 Å². The molecule has 0 saturated carbocycles. The van der Waals surface area contributed by atoms with Crippen LogP contribution in [0.1, 0.15) is 22.0 Å². The molecule has 2 aromatic heterocycles. The van der Waals surface area contributed by atoms with Crippen molar-refractivity contribution in [3.63, 3.8) is 0 Å². The second-order valence-electron chi connectivity index (χ2n) is 6.55. The topological polar surface area (TPSA) is 56.2 Å². The number of carbonyl (C=O) groups excluding carboxylic acids is 1. The minimum atomic E-state index is -4.79. The van der Waals surface area contributed by atoms with Crippen LogP contribution in [0.3, 0.4) is 0 Å². The van der Waals surface area contributed by atoms with E-state index in [1.165, 1.54) is 18.2 Å². The van der Waals surface area contributed by atoms with Gasteiger partial charge in [0.05, 0.1) is 10.7 Å². The summed E-state index contributed by atoms with van der Waals surface area (Å²) < 4.78 is 43.4. The molecule has 0 saturated heterocycles. The third-order valence-electron chi connectivity index (χ3n) is 4.44. The number of thiazole rings is 1. The van der Waals surface area contributed by atoms with Gasteiger partial charge < -0.3 is 14.6 Å². The van der Waals surface area contributed by atoms with Crippen molar-refractivity contribution in [3.05, 3.63) is 57.7 Å². The largest absolute Gasteiger partial charge is 0.573 e. The minimum Gasteiger partial charge on any atom is -0.405 e. The Labute approximate surface area is 170 Å².